The first kappa shape index (κ1) is 82.5. The van der Waals surface area contributed by atoms with Crippen LogP contribution in [0.1, 0.15) is 311 Å². The van der Waals surface area contributed by atoms with E-state index in [1.165, 1.54) is 109 Å². The van der Waals surface area contributed by atoms with Crippen LogP contribution in [0.25, 0.3) is 0 Å². The first-order valence-corrected chi connectivity index (χ1v) is 37.0. The normalized spacial score (nSPS) is 14.7. The molecule has 6 atom stereocenters. The molecule has 19 heteroatoms. The fraction of sp³-hybridized carbons (Fsp3) is 0.879. The molecule has 0 saturated heterocycles. The first-order valence-electron chi connectivity index (χ1n) is 34.0. The van der Waals surface area contributed by atoms with Crippen LogP contribution >= 0.6 is 15.6 Å². The van der Waals surface area contributed by atoms with Crippen LogP contribution < -0.4 is 0 Å². The number of unbranched alkanes of at least 4 members (excludes halogenated alkanes) is 32. The molecule has 0 aliphatic heterocycles. The fourth-order valence-electron chi connectivity index (χ4n) is 9.36. The Hall–Kier alpha value is -2.46. The molecule has 17 nitrogen and oxygen atoms in total. The predicted octanol–water partition coefficient (Wildman–Crippen LogP) is 18.1. The van der Waals surface area contributed by atoms with Crippen molar-refractivity contribution in [3.8, 4) is 0 Å². The maximum absolute atomic E-state index is 13.0. The van der Waals surface area contributed by atoms with Gasteiger partial charge < -0.3 is 33.8 Å². The summed E-state index contributed by atoms with van der Waals surface area (Å²) in [5.74, 6) is -1.36. The Morgan fingerprint density at radius 3 is 1.00 bits per heavy atom. The maximum Gasteiger partial charge on any atom is 0.472 e. The third-order valence-electron chi connectivity index (χ3n) is 15.0. The minimum absolute atomic E-state index is 0.0849. The van der Waals surface area contributed by atoms with Crippen LogP contribution in [0, 0.1) is 5.92 Å². The van der Waals surface area contributed by atoms with E-state index in [2.05, 4.69) is 58.9 Å². The lowest BCUT2D eigenvalue weighted by Gasteiger charge is -2.21. The van der Waals surface area contributed by atoms with Gasteiger partial charge in [0.15, 0.2) is 12.2 Å². The minimum atomic E-state index is -4.95. The molecule has 0 bridgehead atoms. The summed E-state index contributed by atoms with van der Waals surface area (Å²) in [4.78, 5) is 72.1. The lowest BCUT2D eigenvalue weighted by Crippen LogP contribution is -2.30. The Morgan fingerprint density at radius 2 is 0.659 bits per heavy atom. The monoisotopic (exact) mass is 1250 g/mol. The quantitative estimate of drug-likeness (QED) is 0.0169. The second-order valence-corrected chi connectivity index (χ2v) is 26.3. The topological polar surface area (TPSA) is 237 Å². The lowest BCUT2D eigenvalue weighted by atomic mass is 9.99. The zero-order valence-corrected chi connectivity index (χ0v) is 56.0. The predicted molar refractivity (Wildman–Crippen MR) is 340 cm³/mol. The second kappa shape index (κ2) is 59.2. The van der Waals surface area contributed by atoms with Crippen LogP contribution in [-0.4, -0.2) is 96.7 Å². The van der Waals surface area contributed by atoms with Crippen LogP contribution in [0.5, 0.6) is 0 Å². The van der Waals surface area contributed by atoms with E-state index in [1.807, 2.05) is 0 Å². The summed E-state index contributed by atoms with van der Waals surface area (Å²) in [5, 5.41) is 10.5. The van der Waals surface area contributed by atoms with Crippen molar-refractivity contribution >= 4 is 39.5 Å². The summed E-state index contributed by atoms with van der Waals surface area (Å²) < 4.78 is 67.9. The molecule has 0 aromatic heterocycles. The van der Waals surface area contributed by atoms with Crippen LogP contribution in [0.2, 0.25) is 0 Å². The van der Waals surface area contributed by atoms with Gasteiger partial charge in [-0.05, 0) is 57.3 Å². The molecule has 0 aliphatic rings. The average Bonchev–Trinajstić information content (AvgIpc) is 3.54. The van der Waals surface area contributed by atoms with E-state index < -0.39 is 97.5 Å². The molecule has 0 radical (unpaired) electrons. The van der Waals surface area contributed by atoms with Crippen molar-refractivity contribution < 1.29 is 80.2 Å². The molecule has 0 rings (SSSR count). The van der Waals surface area contributed by atoms with Crippen LogP contribution in [0.4, 0.5) is 0 Å². The number of esters is 4. The summed E-state index contributed by atoms with van der Waals surface area (Å²) in [5.41, 5.74) is 0. The Morgan fingerprint density at radius 1 is 0.376 bits per heavy atom. The van der Waals surface area contributed by atoms with E-state index in [1.54, 1.807) is 0 Å². The number of carbonyl (C=O) groups excluding carboxylic acids is 4. The van der Waals surface area contributed by atoms with Crippen molar-refractivity contribution in [2.75, 3.05) is 39.6 Å². The first-order chi connectivity index (χ1) is 41.1. The number of aliphatic hydroxyl groups is 1. The molecule has 3 N–H and O–H groups in total. The summed E-state index contributed by atoms with van der Waals surface area (Å²) in [6.45, 7) is 7.11. The number of allylic oxidation sites excluding steroid dienone is 4. The molecule has 0 spiro atoms. The molecule has 0 saturated carbocycles. The van der Waals surface area contributed by atoms with Gasteiger partial charge in [-0.3, -0.25) is 37.3 Å². The third-order valence-corrected chi connectivity index (χ3v) is 16.9. The zero-order valence-electron chi connectivity index (χ0n) is 54.2. The Bertz CT molecular complexity index is 1750. The van der Waals surface area contributed by atoms with Gasteiger partial charge in [-0.2, -0.15) is 0 Å². The van der Waals surface area contributed by atoms with Gasteiger partial charge in [-0.15, -0.1) is 0 Å². The maximum atomic E-state index is 13.0. The summed E-state index contributed by atoms with van der Waals surface area (Å²) >= 11 is 0. The van der Waals surface area contributed by atoms with Gasteiger partial charge in [0, 0.05) is 25.7 Å². The van der Waals surface area contributed by atoms with Gasteiger partial charge in [0.1, 0.15) is 19.3 Å². The van der Waals surface area contributed by atoms with Gasteiger partial charge >= 0.3 is 39.5 Å². The molecule has 0 heterocycles. The number of hydrogen-bond acceptors (Lipinski definition) is 15. The molecule has 0 aromatic carbocycles. The number of phosphoric acid groups is 2. The van der Waals surface area contributed by atoms with Gasteiger partial charge in [-0.1, -0.05) is 258 Å². The Labute approximate surface area is 516 Å². The van der Waals surface area contributed by atoms with Crippen molar-refractivity contribution in [3.05, 3.63) is 24.3 Å². The molecule has 85 heavy (non-hydrogen) atoms. The largest absolute Gasteiger partial charge is 0.472 e. The van der Waals surface area contributed by atoms with E-state index in [-0.39, 0.29) is 25.7 Å². The SMILES string of the molecule is CCCCCC/C=C\C=C/CCCCCCCC(=O)O[C@H](COC(=O)CCCCCCCCCCCCC(C)CC)COP(=O)(O)OC[C@@H](O)COP(=O)(O)OC[C@@H](COC(=O)CCCCCCCCC)OC(=O)CCCCCCCCCCC. The van der Waals surface area contributed by atoms with Crippen molar-refractivity contribution in [2.24, 2.45) is 5.92 Å². The van der Waals surface area contributed by atoms with Crippen molar-refractivity contribution in [1.29, 1.82) is 0 Å². The summed E-state index contributed by atoms with van der Waals surface area (Å²) in [6, 6.07) is 0. The molecule has 0 amide bonds. The van der Waals surface area contributed by atoms with E-state index in [0.717, 1.165) is 121 Å². The van der Waals surface area contributed by atoms with Crippen molar-refractivity contribution in [1.82, 2.24) is 0 Å². The van der Waals surface area contributed by atoms with E-state index in [4.69, 9.17) is 37.0 Å². The van der Waals surface area contributed by atoms with Gasteiger partial charge in [0.2, 0.25) is 0 Å². The zero-order chi connectivity index (χ0) is 62.8. The van der Waals surface area contributed by atoms with E-state index in [0.29, 0.717) is 25.7 Å². The van der Waals surface area contributed by atoms with Gasteiger partial charge in [-0.25, -0.2) is 9.13 Å². The van der Waals surface area contributed by atoms with Crippen molar-refractivity contribution in [3.63, 3.8) is 0 Å². The second-order valence-electron chi connectivity index (χ2n) is 23.4. The molecule has 500 valence electrons. The summed E-state index contributed by atoms with van der Waals surface area (Å²) in [7, 11) is -9.90. The van der Waals surface area contributed by atoms with Crippen LogP contribution in [-0.2, 0) is 65.4 Å². The van der Waals surface area contributed by atoms with Gasteiger partial charge in [0.05, 0.1) is 26.4 Å². The number of carbonyl (C=O) groups is 4. The molecule has 0 fully saturated rings. The molecular weight excluding hydrogens is 1130 g/mol. The highest BCUT2D eigenvalue weighted by atomic mass is 31.2. The summed E-state index contributed by atoms with van der Waals surface area (Å²) in [6.07, 6.45) is 46.7. The molecule has 0 aromatic rings. The minimum Gasteiger partial charge on any atom is -0.462 e. The highest BCUT2D eigenvalue weighted by Gasteiger charge is 2.30. The smallest absolute Gasteiger partial charge is 0.462 e. The number of phosphoric ester groups is 2. The van der Waals surface area contributed by atoms with E-state index >= 15 is 0 Å². The number of hydrogen-bond donors (Lipinski definition) is 3. The Kier molecular flexibility index (Phi) is 57.5. The standard InChI is InChI=1S/C66H124O17P2/c1-6-10-13-16-19-21-22-23-24-25-26-32-37-42-47-52-66(71)83-62(56-77-64(69)50-45-40-35-31-28-27-30-34-38-43-48-59(5)9-4)58-81-85(74,75)79-54-60(67)53-78-84(72,73)80-57-61(55-76-63(68)49-44-39-33-18-15-12-8-3)82-65(70)51-46-41-36-29-20-17-14-11-7-2/h21-24,59-62,67H,6-20,25-58H2,1-5H3,(H,72,73)(H,74,75)/b22-21-,24-23-/t59?,60-,61+,62+/m0/s1. The third kappa shape index (κ3) is 59.0. The van der Waals surface area contributed by atoms with Crippen LogP contribution in [0.3, 0.4) is 0 Å². The fourth-order valence-corrected chi connectivity index (χ4v) is 10.9. The van der Waals surface area contributed by atoms with Gasteiger partial charge in [0.25, 0.3) is 0 Å². The highest BCUT2D eigenvalue weighted by Crippen LogP contribution is 2.45. The van der Waals surface area contributed by atoms with Crippen LogP contribution in [0.15, 0.2) is 24.3 Å². The van der Waals surface area contributed by atoms with E-state index in [9.17, 15) is 43.2 Å². The highest BCUT2D eigenvalue weighted by molar-refractivity contribution is 7.47. The number of rotatable bonds is 64. The molecule has 0 aliphatic carbocycles. The lowest BCUT2D eigenvalue weighted by molar-refractivity contribution is -0.161. The number of aliphatic hydroxyl groups excluding tert-OH is 1. The van der Waals surface area contributed by atoms with Crippen molar-refractivity contribution in [2.45, 2.75) is 329 Å². The molecular formula is C66H124O17P2. The number of ether oxygens (including phenoxy) is 4. The Balaban J connectivity index is 5.25. The molecule has 3 unspecified atom stereocenters. The average molecular weight is 1250 g/mol.